The second kappa shape index (κ2) is 5.96. The average molecular weight is 250 g/mol. The molecule has 1 amide bonds. The molecule has 1 aliphatic heterocycles. The van der Waals surface area contributed by atoms with Gasteiger partial charge in [0.15, 0.2) is 0 Å². The highest BCUT2D eigenvalue weighted by Gasteiger charge is 2.23. The highest BCUT2D eigenvalue weighted by Crippen LogP contribution is 2.20. The third-order valence-corrected chi connectivity index (χ3v) is 3.47. The van der Waals surface area contributed by atoms with Crippen LogP contribution < -0.4 is 5.73 Å². The van der Waals surface area contributed by atoms with Gasteiger partial charge in [-0.2, -0.15) is 0 Å². The van der Waals surface area contributed by atoms with Gasteiger partial charge < -0.3 is 10.6 Å². The Balaban J connectivity index is 2.02. The number of piperidine rings is 1. The third-order valence-electron chi connectivity index (χ3n) is 3.47. The Kier molecular flexibility index (Phi) is 4.31. The first kappa shape index (κ1) is 13.0. The molecule has 1 saturated heterocycles. The first-order valence-corrected chi connectivity index (χ1v) is 6.45. The van der Waals surface area contributed by atoms with Crippen LogP contribution in [0.3, 0.4) is 0 Å². The van der Waals surface area contributed by atoms with Gasteiger partial charge in [-0.25, -0.2) is 4.39 Å². The zero-order valence-electron chi connectivity index (χ0n) is 10.4. The van der Waals surface area contributed by atoms with Gasteiger partial charge in [-0.15, -0.1) is 0 Å². The lowest BCUT2D eigenvalue weighted by molar-refractivity contribution is 0.0669. The minimum Gasteiger partial charge on any atom is -0.338 e. The molecule has 0 bridgehead atoms. The number of nitrogens with two attached hydrogens (primary N) is 1. The summed E-state index contributed by atoms with van der Waals surface area (Å²) in [6.45, 7) is 2.23. The fourth-order valence-electron chi connectivity index (χ4n) is 2.50. The zero-order chi connectivity index (χ0) is 13.0. The van der Waals surface area contributed by atoms with Crippen molar-refractivity contribution >= 4 is 5.91 Å². The molecular formula is C14H19FN2O. The second-order valence-electron chi connectivity index (χ2n) is 4.84. The van der Waals surface area contributed by atoms with E-state index in [0.29, 0.717) is 18.0 Å². The van der Waals surface area contributed by atoms with Gasteiger partial charge in [-0.3, -0.25) is 4.79 Å². The minimum atomic E-state index is -0.314. The first-order chi connectivity index (χ1) is 8.70. The molecule has 1 unspecified atom stereocenters. The van der Waals surface area contributed by atoms with E-state index in [-0.39, 0.29) is 11.7 Å². The van der Waals surface area contributed by atoms with Crippen LogP contribution in [0.5, 0.6) is 0 Å². The van der Waals surface area contributed by atoms with Crippen molar-refractivity contribution < 1.29 is 9.18 Å². The Bertz CT molecular complexity index is 403. The van der Waals surface area contributed by atoms with Crippen molar-refractivity contribution in [3.63, 3.8) is 0 Å². The monoisotopic (exact) mass is 250 g/mol. The summed E-state index contributed by atoms with van der Waals surface area (Å²) in [5, 5.41) is 0. The number of benzene rings is 1. The van der Waals surface area contributed by atoms with Gasteiger partial charge in [0.1, 0.15) is 5.82 Å². The molecule has 3 nitrogen and oxygen atoms in total. The molecule has 0 aliphatic carbocycles. The average Bonchev–Trinajstić information content (AvgIpc) is 2.39. The molecular weight excluding hydrogens is 231 g/mol. The Morgan fingerprint density at radius 1 is 1.39 bits per heavy atom. The molecule has 18 heavy (non-hydrogen) atoms. The SMILES string of the molecule is NCCC1CCCN(C(=O)c2ccc(F)cc2)C1. The van der Waals surface area contributed by atoms with Crippen LogP contribution in [-0.2, 0) is 0 Å². The van der Waals surface area contributed by atoms with Gasteiger partial charge in [0.05, 0.1) is 0 Å². The second-order valence-corrected chi connectivity index (χ2v) is 4.84. The zero-order valence-corrected chi connectivity index (χ0v) is 10.4. The molecule has 0 spiro atoms. The maximum atomic E-state index is 12.8. The number of halogens is 1. The topological polar surface area (TPSA) is 46.3 Å². The van der Waals surface area contributed by atoms with Crippen LogP contribution in [0.4, 0.5) is 4.39 Å². The smallest absolute Gasteiger partial charge is 0.253 e. The number of rotatable bonds is 3. The van der Waals surface area contributed by atoms with E-state index in [1.807, 2.05) is 4.90 Å². The fourth-order valence-corrected chi connectivity index (χ4v) is 2.50. The van der Waals surface area contributed by atoms with Crippen LogP contribution in [-0.4, -0.2) is 30.4 Å². The molecule has 0 radical (unpaired) electrons. The summed E-state index contributed by atoms with van der Waals surface area (Å²) < 4.78 is 12.8. The highest BCUT2D eigenvalue weighted by atomic mass is 19.1. The lowest BCUT2D eigenvalue weighted by Gasteiger charge is -2.32. The van der Waals surface area contributed by atoms with Gasteiger partial charge in [-0.1, -0.05) is 0 Å². The largest absolute Gasteiger partial charge is 0.338 e. The van der Waals surface area contributed by atoms with E-state index in [9.17, 15) is 9.18 Å². The van der Waals surface area contributed by atoms with E-state index in [0.717, 1.165) is 32.4 Å². The summed E-state index contributed by atoms with van der Waals surface area (Å²) in [7, 11) is 0. The summed E-state index contributed by atoms with van der Waals surface area (Å²) >= 11 is 0. The summed E-state index contributed by atoms with van der Waals surface area (Å²) in [4.78, 5) is 14.1. The lowest BCUT2D eigenvalue weighted by Crippen LogP contribution is -2.40. The van der Waals surface area contributed by atoms with Crippen LogP contribution in [0.1, 0.15) is 29.6 Å². The highest BCUT2D eigenvalue weighted by molar-refractivity contribution is 5.94. The Morgan fingerprint density at radius 2 is 2.11 bits per heavy atom. The van der Waals surface area contributed by atoms with Gasteiger partial charge >= 0.3 is 0 Å². The summed E-state index contributed by atoms with van der Waals surface area (Å²) in [5.41, 5.74) is 6.12. The standard InChI is InChI=1S/C14H19FN2O/c15-13-5-3-12(4-6-13)14(18)17-9-1-2-11(10-17)7-8-16/h3-6,11H,1-2,7-10,16H2. The molecule has 2 N–H and O–H groups in total. The number of likely N-dealkylation sites (tertiary alicyclic amines) is 1. The number of hydrogen-bond acceptors (Lipinski definition) is 2. The molecule has 1 aliphatic rings. The van der Waals surface area contributed by atoms with Crippen LogP contribution in [0.2, 0.25) is 0 Å². The van der Waals surface area contributed by atoms with E-state index in [2.05, 4.69) is 0 Å². The Hall–Kier alpha value is -1.42. The van der Waals surface area contributed by atoms with E-state index in [1.165, 1.54) is 12.1 Å². The molecule has 0 saturated carbocycles. The normalized spacial score (nSPS) is 19.9. The molecule has 1 heterocycles. The fraction of sp³-hybridized carbons (Fsp3) is 0.500. The van der Waals surface area contributed by atoms with E-state index in [1.54, 1.807) is 12.1 Å². The Morgan fingerprint density at radius 3 is 2.78 bits per heavy atom. The van der Waals surface area contributed by atoms with Gasteiger partial charge in [0.2, 0.25) is 0 Å². The summed E-state index contributed by atoms with van der Waals surface area (Å²) in [6.07, 6.45) is 3.13. The van der Waals surface area contributed by atoms with Crippen molar-refractivity contribution in [2.45, 2.75) is 19.3 Å². The van der Waals surface area contributed by atoms with Crippen LogP contribution in [0, 0.1) is 11.7 Å². The predicted octanol–water partition coefficient (Wildman–Crippen LogP) is 2.03. The summed E-state index contributed by atoms with van der Waals surface area (Å²) in [5.74, 6) is 0.191. The molecule has 1 atom stereocenters. The summed E-state index contributed by atoms with van der Waals surface area (Å²) in [6, 6.07) is 5.75. The molecule has 4 heteroatoms. The first-order valence-electron chi connectivity index (χ1n) is 6.45. The quantitative estimate of drug-likeness (QED) is 0.892. The van der Waals surface area contributed by atoms with Crippen molar-refractivity contribution in [1.82, 2.24) is 4.90 Å². The van der Waals surface area contributed by atoms with Gasteiger partial charge in [0, 0.05) is 18.7 Å². The number of amides is 1. The van der Waals surface area contributed by atoms with E-state index < -0.39 is 0 Å². The van der Waals surface area contributed by atoms with Crippen LogP contribution >= 0.6 is 0 Å². The molecule has 0 aromatic heterocycles. The molecule has 98 valence electrons. The van der Waals surface area contributed by atoms with E-state index >= 15 is 0 Å². The molecule has 1 fully saturated rings. The third kappa shape index (κ3) is 3.07. The van der Waals surface area contributed by atoms with Crippen molar-refractivity contribution in [2.75, 3.05) is 19.6 Å². The number of carbonyl (C=O) groups is 1. The lowest BCUT2D eigenvalue weighted by atomic mass is 9.94. The van der Waals surface area contributed by atoms with Crippen LogP contribution in [0.25, 0.3) is 0 Å². The molecule has 2 rings (SSSR count). The number of carbonyl (C=O) groups excluding carboxylic acids is 1. The molecule has 1 aromatic carbocycles. The maximum absolute atomic E-state index is 12.8. The van der Waals surface area contributed by atoms with Gasteiger partial charge in [0.25, 0.3) is 5.91 Å². The minimum absolute atomic E-state index is 0.00304. The van der Waals surface area contributed by atoms with Crippen molar-refractivity contribution in [2.24, 2.45) is 11.7 Å². The number of hydrogen-bond donors (Lipinski definition) is 1. The maximum Gasteiger partial charge on any atom is 0.253 e. The molecule has 1 aromatic rings. The van der Waals surface area contributed by atoms with E-state index in [4.69, 9.17) is 5.73 Å². The van der Waals surface area contributed by atoms with Crippen molar-refractivity contribution in [3.05, 3.63) is 35.6 Å². The van der Waals surface area contributed by atoms with Crippen molar-refractivity contribution in [3.8, 4) is 0 Å². The number of nitrogens with zero attached hydrogens (tertiary/aromatic N) is 1. The van der Waals surface area contributed by atoms with Crippen molar-refractivity contribution in [1.29, 1.82) is 0 Å². The van der Waals surface area contributed by atoms with Crippen LogP contribution in [0.15, 0.2) is 24.3 Å². The predicted molar refractivity (Wildman–Crippen MR) is 68.7 cm³/mol. The Labute approximate surface area is 107 Å². The van der Waals surface area contributed by atoms with Gasteiger partial charge in [-0.05, 0) is 56.0 Å².